The number of carbonyl (C=O) groups excluding carboxylic acids is 11. The molecule has 28 nitrogen and oxygen atoms in total. The van der Waals surface area contributed by atoms with E-state index in [4.69, 9.17) is 52.1 Å². The molecule has 0 radical (unpaired) electrons. The quantitative estimate of drug-likeness (QED) is 0.0217. The molecule has 0 amide bonds. The van der Waals surface area contributed by atoms with Crippen LogP contribution in [-0.4, -0.2) is 223 Å². The Labute approximate surface area is 581 Å². The average Bonchev–Trinajstić information content (AvgIpc) is 0.875. The van der Waals surface area contributed by atoms with E-state index in [-0.39, 0.29) is 81.8 Å². The molecule has 556 valence electrons. The summed E-state index contributed by atoms with van der Waals surface area (Å²) in [6.45, 7) is 64.3. The molecule has 0 spiro atoms. The van der Waals surface area contributed by atoms with Crippen LogP contribution in [0.4, 0.5) is 0 Å². The molecule has 0 rings (SSSR count). The fraction of sp³-hybridized carbons (Fsp3) is 0.529. The monoisotopic (exact) mass is 1390 g/mol. The second-order valence-electron chi connectivity index (χ2n) is 21.5. The fourth-order valence-electron chi connectivity index (χ4n) is 6.24. The molecule has 5 N–H and O–H groups in total. The van der Waals surface area contributed by atoms with Crippen LogP contribution in [0, 0.1) is 0 Å². The van der Waals surface area contributed by atoms with Gasteiger partial charge in [0.1, 0.15) is 71.1 Å². The molecule has 0 aromatic carbocycles. The number of nitrogens with one attached hydrogen (secondary N) is 5. The molecule has 1 atom stereocenters. The molecule has 0 aromatic rings. The summed E-state index contributed by atoms with van der Waals surface area (Å²) >= 11 is 0. The predicted octanol–water partition coefficient (Wildman–Crippen LogP) is 5.51. The minimum atomic E-state index is -1.11. The van der Waals surface area contributed by atoms with E-state index >= 15 is 0 Å². The van der Waals surface area contributed by atoms with Gasteiger partial charge in [-0.05, 0) is 26.8 Å². The highest BCUT2D eigenvalue weighted by Gasteiger charge is 2.36. The maximum absolute atomic E-state index is 11.3. The van der Waals surface area contributed by atoms with Crippen molar-refractivity contribution in [2.45, 2.75) is 143 Å². The highest BCUT2D eigenvalue weighted by Crippen LogP contribution is 2.12. The van der Waals surface area contributed by atoms with Gasteiger partial charge in [0.15, 0.2) is 0 Å². The summed E-state index contributed by atoms with van der Waals surface area (Å²) < 4.78 is 54.0. The van der Waals surface area contributed by atoms with E-state index in [1.54, 1.807) is 0 Å². The number of hydrogen-bond acceptors (Lipinski definition) is 28. The van der Waals surface area contributed by atoms with Crippen molar-refractivity contribution in [1.29, 1.82) is 0 Å². The first kappa shape index (κ1) is 100. The van der Waals surface area contributed by atoms with E-state index < -0.39 is 65.4 Å². The van der Waals surface area contributed by atoms with Crippen molar-refractivity contribution in [2.24, 2.45) is 0 Å². The van der Waals surface area contributed by atoms with Crippen molar-refractivity contribution < 1.29 is 105 Å². The summed E-state index contributed by atoms with van der Waals surface area (Å²) in [4.78, 5) is 123. The van der Waals surface area contributed by atoms with E-state index in [1.165, 1.54) is 6.08 Å². The predicted molar refractivity (Wildman–Crippen MR) is 375 cm³/mol. The highest BCUT2D eigenvalue weighted by atomic mass is 16.6. The molecular formula is C70H114N6O22. The summed E-state index contributed by atoms with van der Waals surface area (Å²) in [5.74, 6) is -5.63. The van der Waals surface area contributed by atoms with E-state index in [2.05, 4.69) is 113 Å². The molecule has 0 aliphatic heterocycles. The number of rotatable bonds is 47. The smallest absolute Gasteiger partial charge is 0.330 e. The van der Waals surface area contributed by atoms with Gasteiger partial charge in [0.2, 0.25) is 0 Å². The summed E-state index contributed by atoms with van der Waals surface area (Å²) in [6, 6.07) is 1.30. The first-order chi connectivity index (χ1) is 46.1. The number of carbonyl (C=O) groups is 11. The largest absolute Gasteiger partial charge is 0.462 e. The molecule has 0 fully saturated rings. The van der Waals surface area contributed by atoms with Crippen molar-refractivity contribution >= 4 is 65.7 Å². The molecule has 1 unspecified atom stereocenters. The van der Waals surface area contributed by atoms with Crippen LogP contribution < -0.4 is 26.6 Å². The minimum Gasteiger partial charge on any atom is -0.462 e. The van der Waals surface area contributed by atoms with Crippen molar-refractivity contribution in [3.63, 3.8) is 0 Å². The van der Waals surface area contributed by atoms with E-state index in [1.807, 2.05) is 74.1 Å². The van der Waals surface area contributed by atoms with Crippen LogP contribution in [0.25, 0.3) is 0 Å². The number of nitrogens with zero attached hydrogens (tertiary/aromatic N) is 1. The Kier molecular flexibility index (Phi) is 68.1. The van der Waals surface area contributed by atoms with Crippen LogP contribution in [0.15, 0.2) is 139 Å². The van der Waals surface area contributed by atoms with Gasteiger partial charge < -0.3 is 78.7 Å². The molecule has 0 aromatic heterocycles. The first-order valence-corrected chi connectivity index (χ1v) is 31.3. The summed E-state index contributed by atoms with van der Waals surface area (Å²) in [6.07, 6.45) is 12.2. The van der Waals surface area contributed by atoms with Gasteiger partial charge in [-0.1, -0.05) is 142 Å². The zero-order valence-electron chi connectivity index (χ0n) is 60.0. The first-order valence-electron chi connectivity index (χ1n) is 31.3. The van der Waals surface area contributed by atoms with Crippen LogP contribution in [0.5, 0.6) is 0 Å². The third kappa shape index (κ3) is 71.4. The van der Waals surface area contributed by atoms with Crippen LogP contribution in [0.2, 0.25) is 0 Å². The minimum absolute atomic E-state index is 0.00977. The SMILES string of the molecule is C=CC(=O)OCC(CNC(C)C)OC(=O)C=C.C=CC(=O)OCC(COC(=O)C=C)(COC(=O)C=C)NC(C)C.C=CC(=O)OCC(COC(=O)C=C)NC(C)C.C=CC(=O)OCCCNC(C)C.C=CC(=O)OCCN(CCOC(=O)C=C)C(C)C.C=CC(=O)OCCNC(C)C. The third-order valence-corrected chi connectivity index (χ3v) is 10.8. The zero-order chi connectivity index (χ0) is 76.5. The molecule has 0 saturated carbocycles. The molecule has 98 heavy (non-hydrogen) atoms. The Morgan fingerprint density at radius 1 is 0.347 bits per heavy atom. The molecule has 0 heterocycles. The Balaban J connectivity index is -0.000000263. The van der Waals surface area contributed by atoms with Gasteiger partial charge in [-0.25, -0.2) is 52.7 Å². The Morgan fingerprint density at radius 2 is 0.653 bits per heavy atom. The third-order valence-electron chi connectivity index (χ3n) is 10.8. The van der Waals surface area contributed by atoms with E-state index in [0.717, 1.165) is 73.7 Å². The maximum Gasteiger partial charge on any atom is 0.330 e. The fourth-order valence-corrected chi connectivity index (χ4v) is 6.24. The van der Waals surface area contributed by atoms with Crippen molar-refractivity contribution in [3.8, 4) is 0 Å². The van der Waals surface area contributed by atoms with Gasteiger partial charge in [-0.15, -0.1) is 0 Å². The lowest BCUT2D eigenvalue weighted by Crippen LogP contribution is -2.59. The van der Waals surface area contributed by atoms with E-state index in [9.17, 15) is 52.7 Å². The number of ether oxygens (including phenoxy) is 11. The topological polar surface area (TPSA) is 353 Å². The lowest BCUT2D eigenvalue weighted by Gasteiger charge is -2.34. The lowest BCUT2D eigenvalue weighted by molar-refractivity contribution is -0.152. The molecule has 0 saturated heterocycles. The normalized spacial score (nSPS) is 10.4. The molecule has 0 aliphatic rings. The molecule has 0 aliphatic carbocycles. The highest BCUT2D eigenvalue weighted by molar-refractivity contribution is 5.85. The summed E-state index contributed by atoms with van der Waals surface area (Å²) in [5, 5.41) is 15.6. The van der Waals surface area contributed by atoms with Crippen LogP contribution in [0.3, 0.4) is 0 Å². The number of esters is 11. The van der Waals surface area contributed by atoms with E-state index in [0.29, 0.717) is 64.7 Å². The van der Waals surface area contributed by atoms with Crippen LogP contribution >= 0.6 is 0 Å². The van der Waals surface area contributed by atoms with Gasteiger partial charge >= 0.3 is 65.7 Å². The van der Waals surface area contributed by atoms with Crippen molar-refractivity contribution in [3.05, 3.63) is 139 Å². The maximum atomic E-state index is 11.3. The number of hydrogen-bond donors (Lipinski definition) is 5. The van der Waals surface area contributed by atoms with Gasteiger partial charge in [-0.3, -0.25) is 4.90 Å². The summed E-state index contributed by atoms with van der Waals surface area (Å²) in [5.41, 5.74) is -1.11. The average molecular weight is 1390 g/mol. The summed E-state index contributed by atoms with van der Waals surface area (Å²) in [7, 11) is 0. The van der Waals surface area contributed by atoms with Gasteiger partial charge in [0, 0.05) is 129 Å². The molecule has 28 heteroatoms. The Hall–Kier alpha value is -8.93. The van der Waals surface area contributed by atoms with Crippen molar-refractivity contribution in [1.82, 2.24) is 31.5 Å². The second-order valence-corrected chi connectivity index (χ2v) is 21.5. The van der Waals surface area contributed by atoms with Gasteiger partial charge in [-0.2, -0.15) is 0 Å². The molecule has 0 bridgehead atoms. The lowest BCUT2D eigenvalue weighted by atomic mass is 10.0. The second kappa shape index (κ2) is 66.7. The Morgan fingerprint density at radius 3 is 0.969 bits per heavy atom. The molecular weight excluding hydrogens is 1280 g/mol. The standard InChI is InChI=1S/C16H23NO6.C13H21NO4.2C12H19NO4.C9H17NO2.C8H15NO2/c1-6-13(18)21-9-16(17-12(4)5,10-22-14(19)7-2)11-23-15(20)8-3;1-5-12(15)17-9-7-14(11(3)4)8-10-18-13(16)6-2;1-5-11(14)16-7-10(13-9(3)4)8-17-12(15)6-2;1-5-11(14)16-8-10(7-13-9(3)4)17-12(15)6-2;1-4-9(11)12-7-5-6-10-8(2)3;1-4-8(10)11-6-5-9-7(2)3/h6-8,12,17H,1-3,9-11H2,4-5H3;5-6,11H,1-2,7-10H2,3-4H3;2*5-6,9-10,13H,1-2,7-8H2,3-4H3;4,8,10H,1,5-7H2,2-3H3;4,7,9H,1,5-6H2,2-3H3. The van der Waals surface area contributed by atoms with Gasteiger partial charge in [0.25, 0.3) is 0 Å². The van der Waals surface area contributed by atoms with Crippen molar-refractivity contribution in [2.75, 3.05) is 98.8 Å². The van der Waals surface area contributed by atoms with Gasteiger partial charge in [0.05, 0.1) is 12.6 Å². The zero-order valence-corrected chi connectivity index (χ0v) is 60.0. The van der Waals surface area contributed by atoms with Crippen LogP contribution in [0.1, 0.15) is 89.5 Å². The van der Waals surface area contributed by atoms with Crippen LogP contribution in [-0.2, 0) is 105 Å². The Bertz CT molecular complexity index is 2330.